The van der Waals surface area contributed by atoms with Gasteiger partial charge in [-0.15, -0.1) is 0 Å². The first-order valence-corrected chi connectivity index (χ1v) is 7.23. The van der Waals surface area contributed by atoms with Crippen LogP contribution in [0.1, 0.15) is 10.4 Å². The third-order valence-electron chi connectivity index (χ3n) is 2.76. The lowest BCUT2D eigenvalue weighted by Gasteiger charge is -2.14. The molecule has 1 aromatic heterocycles. The summed E-state index contributed by atoms with van der Waals surface area (Å²) >= 11 is 15.8. The van der Waals surface area contributed by atoms with E-state index in [9.17, 15) is 4.79 Å². The quantitative estimate of drug-likeness (QED) is 0.472. The van der Waals surface area contributed by atoms with Gasteiger partial charge in [0.15, 0.2) is 5.82 Å². The van der Waals surface area contributed by atoms with E-state index in [1.807, 2.05) is 0 Å². The van der Waals surface area contributed by atoms with Gasteiger partial charge in [0, 0.05) is 26.8 Å². The van der Waals surface area contributed by atoms with E-state index in [0.717, 1.165) is 4.47 Å². The third kappa shape index (κ3) is 3.13. The Morgan fingerprint density at radius 2 is 2.14 bits per heavy atom. The molecule has 0 saturated heterocycles. The Morgan fingerprint density at radius 3 is 2.71 bits per heavy atom. The van der Waals surface area contributed by atoms with Crippen molar-refractivity contribution >= 4 is 50.9 Å². The van der Waals surface area contributed by atoms with Gasteiger partial charge < -0.3 is 10.2 Å². The maximum Gasteiger partial charge on any atom is 0.340 e. The summed E-state index contributed by atoms with van der Waals surface area (Å²) in [6, 6.07) is 5.22. The number of anilines is 1. The molecule has 8 heteroatoms. The molecule has 110 valence electrons. The van der Waals surface area contributed by atoms with E-state index in [0.29, 0.717) is 16.1 Å². The molecule has 0 aliphatic heterocycles. The highest BCUT2D eigenvalue weighted by atomic mass is 79.9. The van der Waals surface area contributed by atoms with Crippen LogP contribution >= 0.6 is 39.1 Å². The number of hydrogen-bond acceptors (Lipinski definition) is 5. The number of pyridine rings is 1. The van der Waals surface area contributed by atoms with E-state index in [2.05, 4.69) is 26.3 Å². The number of carbonyl (C=O) groups is 1. The molecule has 0 saturated carbocycles. The second-order valence-corrected chi connectivity index (χ2v) is 5.67. The zero-order chi connectivity index (χ0) is 15.6. The molecule has 2 rings (SSSR count). The number of nitrogens with two attached hydrogens (primary N) is 1. The zero-order valence-corrected chi connectivity index (χ0v) is 13.9. The van der Waals surface area contributed by atoms with Crippen molar-refractivity contribution in [1.29, 1.82) is 0 Å². The summed E-state index contributed by atoms with van der Waals surface area (Å²) in [7, 11) is 1.28. The van der Waals surface area contributed by atoms with Crippen molar-refractivity contribution < 1.29 is 9.53 Å². The highest BCUT2D eigenvalue weighted by molar-refractivity contribution is 9.10. The summed E-state index contributed by atoms with van der Waals surface area (Å²) in [5.41, 5.74) is 3.55. The number of esters is 1. The van der Waals surface area contributed by atoms with Crippen molar-refractivity contribution in [3.8, 4) is 11.1 Å². The number of ether oxygens (including phenoxy) is 1. The van der Waals surface area contributed by atoms with Crippen molar-refractivity contribution in [1.82, 2.24) is 4.98 Å². The molecule has 0 atom stereocenters. The highest BCUT2D eigenvalue weighted by Crippen LogP contribution is 2.39. The fraction of sp³-hybridized carbons (Fsp3) is 0.0769. The van der Waals surface area contributed by atoms with Crippen molar-refractivity contribution in [2.24, 2.45) is 5.84 Å². The molecule has 0 aliphatic rings. The van der Waals surface area contributed by atoms with Crippen molar-refractivity contribution in [3.63, 3.8) is 0 Å². The second-order valence-electron chi connectivity index (χ2n) is 3.97. The van der Waals surface area contributed by atoms with Crippen LogP contribution in [0.4, 0.5) is 5.82 Å². The number of nitrogens with one attached hydrogen (secondary N) is 1. The van der Waals surface area contributed by atoms with Crippen LogP contribution in [0.25, 0.3) is 11.1 Å². The lowest BCUT2D eigenvalue weighted by molar-refractivity contribution is 0.0601. The number of aromatic nitrogens is 1. The average molecular weight is 391 g/mol. The number of nitrogens with zero attached hydrogens (tertiary/aromatic N) is 1. The Kier molecular flexibility index (Phi) is 5.05. The lowest BCUT2D eigenvalue weighted by Crippen LogP contribution is -2.12. The molecule has 3 N–H and O–H groups in total. The first-order valence-electron chi connectivity index (χ1n) is 5.68. The summed E-state index contributed by atoms with van der Waals surface area (Å²) < 4.78 is 5.55. The van der Waals surface area contributed by atoms with Gasteiger partial charge in [0.05, 0.1) is 17.7 Å². The van der Waals surface area contributed by atoms with Crippen LogP contribution in [-0.2, 0) is 4.74 Å². The van der Waals surface area contributed by atoms with Crippen LogP contribution in [0.3, 0.4) is 0 Å². The van der Waals surface area contributed by atoms with E-state index in [4.69, 9.17) is 33.8 Å². The largest absolute Gasteiger partial charge is 0.465 e. The van der Waals surface area contributed by atoms with Crippen LogP contribution in [0.15, 0.2) is 28.9 Å². The maximum absolute atomic E-state index is 11.9. The van der Waals surface area contributed by atoms with Gasteiger partial charge in [-0.3, -0.25) is 0 Å². The Hall–Kier alpha value is -1.34. The Balaban J connectivity index is 2.77. The summed E-state index contributed by atoms with van der Waals surface area (Å²) in [6.07, 6.45) is 1.33. The van der Waals surface area contributed by atoms with E-state index >= 15 is 0 Å². The summed E-state index contributed by atoms with van der Waals surface area (Å²) in [5, 5.41) is 0.607. The normalized spacial score (nSPS) is 10.3. The van der Waals surface area contributed by atoms with Gasteiger partial charge in [-0.1, -0.05) is 45.2 Å². The molecule has 0 unspecified atom stereocenters. The lowest BCUT2D eigenvalue weighted by atomic mass is 10.0. The molecule has 0 bridgehead atoms. The standard InChI is InChI=1S/C13H10BrCl2N3O2/c1-21-13(20)8-5-18-12(19-17)11(16)10(8)7-3-2-6(14)4-9(7)15/h2-5H,17H2,1H3,(H,18,19). The minimum Gasteiger partial charge on any atom is -0.465 e. The topological polar surface area (TPSA) is 77.2 Å². The smallest absolute Gasteiger partial charge is 0.340 e. The minimum atomic E-state index is -0.568. The Morgan fingerprint density at radius 1 is 1.43 bits per heavy atom. The summed E-state index contributed by atoms with van der Waals surface area (Å²) in [4.78, 5) is 15.9. The number of halogens is 3. The van der Waals surface area contributed by atoms with Gasteiger partial charge >= 0.3 is 5.97 Å². The SMILES string of the molecule is COC(=O)c1cnc(NN)c(Cl)c1-c1ccc(Br)cc1Cl. The minimum absolute atomic E-state index is 0.185. The molecule has 5 nitrogen and oxygen atoms in total. The Labute approximate surface area is 139 Å². The highest BCUT2D eigenvalue weighted by Gasteiger charge is 2.21. The van der Waals surface area contributed by atoms with Crippen molar-refractivity contribution in [2.45, 2.75) is 0 Å². The fourth-order valence-corrected chi connectivity index (χ4v) is 2.88. The fourth-order valence-electron chi connectivity index (χ4n) is 1.81. The molecular weight excluding hydrogens is 381 g/mol. The molecule has 0 aliphatic carbocycles. The third-order valence-corrected chi connectivity index (χ3v) is 3.94. The van der Waals surface area contributed by atoms with Gasteiger partial charge in [0.25, 0.3) is 0 Å². The summed E-state index contributed by atoms with van der Waals surface area (Å²) in [5.74, 6) is 5.03. The number of hydrogen-bond donors (Lipinski definition) is 2. The van der Waals surface area contributed by atoms with Gasteiger partial charge in [0.1, 0.15) is 0 Å². The molecular formula is C13H10BrCl2N3O2. The number of benzene rings is 1. The number of methoxy groups -OCH3 is 1. The maximum atomic E-state index is 11.9. The van der Waals surface area contributed by atoms with Gasteiger partial charge in [-0.25, -0.2) is 15.6 Å². The molecule has 0 radical (unpaired) electrons. The van der Waals surface area contributed by atoms with Crippen LogP contribution in [0.5, 0.6) is 0 Å². The molecule has 21 heavy (non-hydrogen) atoms. The number of hydrazine groups is 1. The predicted octanol–water partition coefficient (Wildman–Crippen LogP) is 3.89. The van der Waals surface area contributed by atoms with Crippen LogP contribution in [-0.4, -0.2) is 18.1 Å². The van der Waals surface area contributed by atoms with Gasteiger partial charge in [-0.2, -0.15) is 0 Å². The number of nitrogen functional groups attached to an aromatic ring is 1. The van der Waals surface area contributed by atoms with E-state index < -0.39 is 5.97 Å². The van der Waals surface area contributed by atoms with E-state index in [-0.39, 0.29) is 16.4 Å². The molecule has 2 aromatic rings. The first kappa shape index (κ1) is 16.0. The molecule has 0 spiro atoms. The van der Waals surface area contributed by atoms with Crippen molar-refractivity contribution in [3.05, 3.63) is 44.5 Å². The van der Waals surface area contributed by atoms with Crippen molar-refractivity contribution in [2.75, 3.05) is 12.5 Å². The predicted molar refractivity (Wildman–Crippen MR) is 86.5 cm³/mol. The van der Waals surface area contributed by atoms with Crippen LogP contribution in [0.2, 0.25) is 10.0 Å². The summed E-state index contributed by atoms with van der Waals surface area (Å²) in [6.45, 7) is 0. The first-order chi connectivity index (χ1) is 9.99. The van der Waals surface area contributed by atoms with Gasteiger partial charge in [0.2, 0.25) is 0 Å². The number of rotatable bonds is 3. The van der Waals surface area contributed by atoms with Gasteiger partial charge in [-0.05, 0) is 12.1 Å². The van der Waals surface area contributed by atoms with E-state index in [1.165, 1.54) is 13.3 Å². The van der Waals surface area contributed by atoms with Crippen LogP contribution in [0, 0.1) is 0 Å². The zero-order valence-electron chi connectivity index (χ0n) is 10.8. The average Bonchev–Trinajstić information content (AvgIpc) is 2.47. The molecule has 1 heterocycles. The molecule has 0 fully saturated rings. The molecule has 1 aromatic carbocycles. The second kappa shape index (κ2) is 6.62. The monoisotopic (exact) mass is 389 g/mol. The van der Waals surface area contributed by atoms with Crippen LogP contribution < -0.4 is 11.3 Å². The number of carbonyl (C=O) groups excluding carboxylic acids is 1. The Bertz CT molecular complexity index is 710. The van der Waals surface area contributed by atoms with E-state index in [1.54, 1.807) is 18.2 Å². The molecule has 0 amide bonds.